The second-order valence-corrected chi connectivity index (χ2v) is 7.22. The molecular formula is C20H42O3. The van der Waals surface area contributed by atoms with Gasteiger partial charge in [-0.3, -0.25) is 0 Å². The Kier molecular flexibility index (Phi) is 16.6. The zero-order valence-corrected chi connectivity index (χ0v) is 16.1. The molecule has 0 bridgehead atoms. The summed E-state index contributed by atoms with van der Waals surface area (Å²) in [6.07, 6.45) is 20.0. The van der Waals surface area contributed by atoms with Crippen LogP contribution in [-0.2, 0) is 9.93 Å². The summed E-state index contributed by atoms with van der Waals surface area (Å²) in [5.74, 6) is 0. The Balaban J connectivity index is 4.14. The molecule has 0 atom stereocenters. The van der Waals surface area contributed by atoms with Crippen LogP contribution >= 0.6 is 0 Å². The Bertz CT molecular complexity index is 209. The molecule has 0 aromatic heterocycles. The molecule has 0 rings (SSSR count). The van der Waals surface area contributed by atoms with E-state index in [2.05, 4.69) is 30.7 Å². The molecule has 23 heavy (non-hydrogen) atoms. The van der Waals surface area contributed by atoms with Gasteiger partial charge in [-0.1, -0.05) is 90.0 Å². The summed E-state index contributed by atoms with van der Waals surface area (Å²) < 4.78 is 0. The zero-order valence-electron chi connectivity index (χ0n) is 16.1. The molecule has 0 unspecified atom stereocenters. The summed E-state index contributed by atoms with van der Waals surface area (Å²) in [7, 11) is 0. The van der Waals surface area contributed by atoms with E-state index in [1.54, 1.807) is 0 Å². The van der Waals surface area contributed by atoms with E-state index in [9.17, 15) is 0 Å². The molecule has 140 valence electrons. The minimum absolute atomic E-state index is 0.490. The number of unbranched alkanes of at least 4 members (excludes halogenated alkanes) is 7. The van der Waals surface area contributed by atoms with Crippen molar-refractivity contribution in [3.8, 4) is 0 Å². The Morgan fingerprint density at radius 3 is 1.52 bits per heavy atom. The minimum atomic E-state index is 0.490. The standard InChI is InChI=1S/C20H42O3/c1-4-7-15-20(16-8-5-2,17-9-6-3)18-13-11-10-12-14-19-22-23-21/h21H,4-19H2,1-3H3. The molecule has 0 aromatic carbocycles. The van der Waals surface area contributed by atoms with Crippen LogP contribution in [0.2, 0.25) is 0 Å². The second kappa shape index (κ2) is 16.7. The highest BCUT2D eigenvalue weighted by atomic mass is 17.5. The van der Waals surface area contributed by atoms with Crippen molar-refractivity contribution in [2.45, 2.75) is 117 Å². The van der Waals surface area contributed by atoms with Crippen molar-refractivity contribution >= 4 is 0 Å². The summed E-state index contributed by atoms with van der Waals surface area (Å²) in [5.41, 5.74) is 0.621. The van der Waals surface area contributed by atoms with Gasteiger partial charge in [0, 0.05) is 0 Å². The normalized spacial score (nSPS) is 12.0. The van der Waals surface area contributed by atoms with Crippen molar-refractivity contribution < 1.29 is 15.2 Å². The van der Waals surface area contributed by atoms with E-state index in [-0.39, 0.29) is 0 Å². The Hall–Kier alpha value is -0.120. The molecular weight excluding hydrogens is 288 g/mol. The molecule has 3 nitrogen and oxygen atoms in total. The molecule has 0 heterocycles. The van der Waals surface area contributed by atoms with Crippen molar-refractivity contribution in [2.75, 3.05) is 6.61 Å². The summed E-state index contributed by atoms with van der Waals surface area (Å²) in [4.78, 5) is 4.48. The first-order valence-corrected chi connectivity index (χ1v) is 10.2. The van der Waals surface area contributed by atoms with Crippen LogP contribution in [0.25, 0.3) is 0 Å². The minimum Gasteiger partial charge on any atom is -0.221 e. The molecule has 0 spiro atoms. The number of rotatable bonds is 18. The lowest BCUT2D eigenvalue weighted by Crippen LogP contribution is -2.21. The third-order valence-electron chi connectivity index (χ3n) is 5.17. The second-order valence-electron chi connectivity index (χ2n) is 7.22. The Morgan fingerprint density at radius 1 is 0.609 bits per heavy atom. The van der Waals surface area contributed by atoms with Crippen LogP contribution in [0.15, 0.2) is 0 Å². The largest absolute Gasteiger partial charge is 0.221 e. The predicted molar refractivity (Wildman–Crippen MR) is 98.4 cm³/mol. The van der Waals surface area contributed by atoms with Gasteiger partial charge < -0.3 is 0 Å². The SMILES string of the molecule is CCCCC(CCCC)(CCCC)CCCCCCCOOO. The van der Waals surface area contributed by atoms with Crippen LogP contribution in [-0.4, -0.2) is 11.9 Å². The first-order valence-electron chi connectivity index (χ1n) is 10.2. The van der Waals surface area contributed by atoms with E-state index in [0.717, 1.165) is 12.8 Å². The third kappa shape index (κ3) is 12.9. The highest BCUT2D eigenvalue weighted by Crippen LogP contribution is 2.41. The van der Waals surface area contributed by atoms with Crippen molar-refractivity contribution in [3.05, 3.63) is 0 Å². The van der Waals surface area contributed by atoms with Gasteiger partial charge in [-0.25, -0.2) is 10.1 Å². The van der Waals surface area contributed by atoms with Crippen LogP contribution in [0.4, 0.5) is 0 Å². The molecule has 0 aliphatic rings. The number of hydrogen-bond donors (Lipinski definition) is 1. The van der Waals surface area contributed by atoms with Gasteiger partial charge in [-0.05, 0) is 37.5 Å². The monoisotopic (exact) mass is 330 g/mol. The molecule has 0 amide bonds. The van der Waals surface area contributed by atoms with E-state index in [4.69, 9.17) is 5.26 Å². The van der Waals surface area contributed by atoms with Gasteiger partial charge >= 0.3 is 0 Å². The lowest BCUT2D eigenvalue weighted by molar-refractivity contribution is -0.490. The van der Waals surface area contributed by atoms with Crippen molar-refractivity contribution in [2.24, 2.45) is 5.41 Å². The molecule has 0 saturated carbocycles. The lowest BCUT2D eigenvalue weighted by atomic mass is 9.71. The first kappa shape index (κ1) is 22.9. The quantitative estimate of drug-likeness (QED) is 0.163. The van der Waals surface area contributed by atoms with E-state index in [1.165, 1.54) is 83.5 Å². The smallest absolute Gasteiger partial charge is 0.0853 e. The third-order valence-corrected chi connectivity index (χ3v) is 5.17. The van der Waals surface area contributed by atoms with Crippen LogP contribution in [0.3, 0.4) is 0 Å². The van der Waals surface area contributed by atoms with Crippen LogP contribution in [0.1, 0.15) is 117 Å². The summed E-state index contributed by atoms with van der Waals surface area (Å²) >= 11 is 0. The van der Waals surface area contributed by atoms with Gasteiger partial charge in [0.1, 0.15) is 0 Å². The predicted octanol–water partition coefficient (Wildman–Crippen LogP) is 7.31. The average molecular weight is 331 g/mol. The molecule has 0 aromatic rings. The fourth-order valence-electron chi connectivity index (χ4n) is 3.63. The summed E-state index contributed by atoms with van der Waals surface area (Å²) in [5, 5.41) is 11.7. The van der Waals surface area contributed by atoms with Crippen LogP contribution in [0, 0.1) is 5.41 Å². The Labute approximate surface area is 145 Å². The lowest BCUT2D eigenvalue weighted by Gasteiger charge is -2.35. The van der Waals surface area contributed by atoms with Gasteiger partial charge in [-0.15, -0.1) is 0 Å². The zero-order chi connectivity index (χ0) is 17.2. The molecule has 0 fully saturated rings. The summed E-state index contributed by atoms with van der Waals surface area (Å²) in [6, 6.07) is 0. The molecule has 0 aliphatic heterocycles. The maximum absolute atomic E-state index is 8.09. The fourth-order valence-corrected chi connectivity index (χ4v) is 3.63. The van der Waals surface area contributed by atoms with E-state index in [0.29, 0.717) is 12.0 Å². The van der Waals surface area contributed by atoms with Gasteiger partial charge in [0.25, 0.3) is 0 Å². The fraction of sp³-hybridized carbons (Fsp3) is 1.00. The van der Waals surface area contributed by atoms with Gasteiger partial charge in [-0.2, -0.15) is 0 Å². The molecule has 1 N–H and O–H groups in total. The van der Waals surface area contributed by atoms with E-state index < -0.39 is 0 Å². The van der Waals surface area contributed by atoms with Crippen LogP contribution in [0.5, 0.6) is 0 Å². The number of hydrogen-bond acceptors (Lipinski definition) is 3. The topological polar surface area (TPSA) is 38.7 Å². The van der Waals surface area contributed by atoms with E-state index >= 15 is 0 Å². The van der Waals surface area contributed by atoms with Gasteiger partial charge in [0.15, 0.2) is 0 Å². The summed E-state index contributed by atoms with van der Waals surface area (Å²) in [6.45, 7) is 7.46. The maximum atomic E-state index is 8.09. The van der Waals surface area contributed by atoms with Gasteiger partial charge in [0.05, 0.1) is 6.61 Å². The van der Waals surface area contributed by atoms with Crippen molar-refractivity contribution in [1.82, 2.24) is 0 Å². The molecule has 0 radical (unpaired) electrons. The average Bonchev–Trinajstić information content (AvgIpc) is 2.58. The maximum Gasteiger partial charge on any atom is 0.0853 e. The molecule has 0 saturated heterocycles. The highest BCUT2D eigenvalue weighted by molar-refractivity contribution is 4.79. The molecule has 0 aliphatic carbocycles. The molecule has 3 heteroatoms. The van der Waals surface area contributed by atoms with Gasteiger partial charge in [0.2, 0.25) is 0 Å². The highest BCUT2D eigenvalue weighted by Gasteiger charge is 2.27. The van der Waals surface area contributed by atoms with E-state index in [1.807, 2.05) is 0 Å². The van der Waals surface area contributed by atoms with Crippen molar-refractivity contribution in [3.63, 3.8) is 0 Å². The van der Waals surface area contributed by atoms with Crippen LogP contribution < -0.4 is 0 Å². The Morgan fingerprint density at radius 2 is 1.04 bits per heavy atom. The first-order chi connectivity index (χ1) is 11.2. The van der Waals surface area contributed by atoms with Crippen molar-refractivity contribution in [1.29, 1.82) is 0 Å².